The van der Waals surface area contributed by atoms with Crippen molar-refractivity contribution in [1.82, 2.24) is 4.72 Å². The van der Waals surface area contributed by atoms with E-state index < -0.39 is 5.92 Å². The van der Waals surface area contributed by atoms with Crippen LogP contribution in [0.3, 0.4) is 0 Å². The monoisotopic (exact) mass is 254 g/mol. The minimum atomic E-state index is -0.718. The third kappa shape index (κ3) is 1.44. The van der Waals surface area contributed by atoms with Crippen molar-refractivity contribution in [3.05, 3.63) is 29.8 Å². The van der Waals surface area contributed by atoms with E-state index in [0.717, 1.165) is 11.9 Å². The fraction of sp³-hybridized carbons (Fsp3) is 0.100. The fourth-order valence-electron chi connectivity index (χ4n) is 1.70. The zero-order valence-electron chi connectivity index (χ0n) is 7.97. The summed E-state index contributed by atoms with van der Waals surface area (Å²) in [5, 5.41) is 0.559. The molecular formula is C10H7ClN2O2S. The van der Waals surface area contributed by atoms with Crippen LogP contribution < -0.4 is 4.72 Å². The van der Waals surface area contributed by atoms with Gasteiger partial charge in [-0.3, -0.25) is 14.3 Å². The first-order chi connectivity index (χ1) is 7.27. The van der Waals surface area contributed by atoms with Crippen LogP contribution in [-0.2, 0) is 4.79 Å². The maximum absolute atomic E-state index is 12.0. The molecule has 0 aliphatic carbocycles. The summed E-state index contributed by atoms with van der Waals surface area (Å²) < 4.78 is 2.55. The van der Waals surface area contributed by atoms with E-state index in [4.69, 9.17) is 0 Å². The summed E-state index contributed by atoms with van der Waals surface area (Å²) in [4.78, 5) is 27.6. The summed E-state index contributed by atoms with van der Waals surface area (Å²) in [5.74, 6) is -1.14. The molecule has 0 radical (unpaired) electrons. The van der Waals surface area contributed by atoms with Crippen LogP contribution in [0.5, 0.6) is 0 Å². The Bertz CT molecular complexity index is 515. The van der Waals surface area contributed by atoms with E-state index in [9.17, 15) is 9.59 Å². The van der Waals surface area contributed by atoms with Crippen molar-refractivity contribution in [2.24, 2.45) is 10.9 Å². The molecule has 1 amide bonds. The summed E-state index contributed by atoms with van der Waals surface area (Å²) in [6.07, 6.45) is 0. The van der Waals surface area contributed by atoms with Crippen LogP contribution in [0.25, 0.3) is 0 Å². The SMILES string of the molecule is Cl.O=C1NSC2=Nc3ccccc3C(=O)C12. The number of Topliss-reactive ketones (excluding diaryl/α,β-unsaturated/α-hetero) is 1. The molecule has 1 atom stereocenters. The summed E-state index contributed by atoms with van der Waals surface area (Å²) in [6.45, 7) is 0. The van der Waals surface area contributed by atoms with Crippen LogP contribution in [0.15, 0.2) is 29.3 Å². The average molecular weight is 255 g/mol. The number of carbonyl (C=O) groups is 2. The van der Waals surface area contributed by atoms with Gasteiger partial charge in [0.15, 0.2) is 11.7 Å². The number of aliphatic imine (C=N–C) groups is 1. The number of nitrogens with one attached hydrogen (secondary N) is 1. The Hall–Kier alpha value is -1.33. The second-order valence-electron chi connectivity index (χ2n) is 3.33. The number of nitrogens with zero attached hydrogens (tertiary/aromatic N) is 1. The third-order valence-corrected chi connectivity index (χ3v) is 3.27. The number of ketones is 1. The van der Waals surface area contributed by atoms with Gasteiger partial charge in [-0.2, -0.15) is 0 Å². The van der Waals surface area contributed by atoms with Crippen molar-refractivity contribution in [2.45, 2.75) is 0 Å². The van der Waals surface area contributed by atoms with Crippen LogP contribution >= 0.6 is 24.4 Å². The molecule has 3 rings (SSSR count). The average Bonchev–Trinajstić information content (AvgIpc) is 2.61. The van der Waals surface area contributed by atoms with Crippen molar-refractivity contribution in [2.75, 3.05) is 0 Å². The smallest absolute Gasteiger partial charge is 0.247 e. The molecule has 1 fully saturated rings. The number of carbonyl (C=O) groups excluding carboxylic acids is 2. The molecule has 0 bridgehead atoms. The van der Waals surface area contributed by atoms with Crippen LogP contribution in [0.1, 0.15) is 10.4 Å². The largest absolute Gasteiger partial charge is 0.294 e. The molecule has 2 heterocycles. The first-order valence-electron chi connectivity index (χ1n) is 4.46. The second kappa shape index (κ2) is 3.92. The quantitative estimate of drug-likeness (QED) is 0.567. The molecule has 2 aliphatic rings. The molecule has 1 N–H and O–H groups in total. The van der Waals surface area contributed by atoms with Gasteiger partial charge < -0.3 is 0 Å². The maximum Gasteiger partial charge on any atom is 0.247 e. The summed E-state index contributed by atoms with van der Waals surface area (Å²) in [6, 6.07) is 7.08. The lowest BCUT2D eigenvalue weighted by atomic mass is 9.94. The van der Waals surface area contributed by atoms with Gasteiger partial charge in [-0.15, -0.1) is 12.4 Å². The van der Waals surface area contributed by atoms with Gasteiger partial charge in [0.05, 0.1) is 5.69 Å². The second-order valence-corrected chi connectivity index (χ2v) is 4.16. The van der Waals surface area contributed by atoms with Crippen molar-refractivity contribution >= 4 is 46.8 Å². The highest BCUT2D eigenvalue weighted by molar-refractivity contribution is 8.13. The Morgan fingerprint density at radius 2 is 2.00 bits per heavy atom. The van der Waals surface area contributed by atoms with Crippen LogP contribution in [-0.4, -0.2) is 16.7 Å². The van der Waals surface area contributed by atoms with Crippen LogP contribution in [0, 0.1) is 5.92 Å². The van der Waals surface area contributed by atoms with Gasteiger partial charge in [-0.1, -0.05) is 12.1 Å². The molecular weight excluding hydrogens is 248 g/mol. The van der Waals surface area contributed by atoms with E-state index in [1.807, 2.05) is 6.07 Å². The van der Waals surface area contributed by atoms with Crippen LogP contribution in [0.4, 0.5) is 5.69 Å². The third-order valence-electron chi connectivity index (χ3n) is 2.43. The van der Waals surface area contributed by atoms with Gasteiger partial charge in [0, 0.05) is 17.5 Å². The Morgan fingerprint density at radius 1 is 1.25 bits per heavy atom. The number of hydrogen-bond donors (Lipinski definition) is 1. The predicted molar refractivity (Wildman–Crippen MR) is 64.3 cm³/mol. The molecule has 4 nitrogen and oxygen atoms in total. The Balaban J connectivity index is 0.000000963. The first kappa shape index (κ1) is 11.2. The fourth-order valence-corrected chi connectivity index (χ4v) is 2.50. The normalized spacial score (nSPS) is 21.5. The molecule has 1 unspecified atom stereocenters. The lowest BCUT2D eigenvalue weighted by molar-refractivity contribution is -0.119. The molecule has 0 spiro atoms. The highest BCUT2D eigenvalue weighted by Crippen LogP contribution is 2.34. The van der Waals surface area contributed by atoms with E-state index in [0.29, 0.717) is 16.3 Å². The molecule has 1 saturated heterocycles. The van der Waals surface area contributed by atoms with Crippen molar-refractivity contribution in [3.8, 4) is 0 Å². The summed E-state index contributed by atoms with van der Waals surface area (Å²) in [5.41, 5.74) is 1.18. The standard InChI is InChI=1S/C10H6N2O2S.ClH/c13-8-5-3-1-2-4-6(5)11-10-7(8)9(14)12-15-10;/h1-4,7H,(H,12,14);1H. The lowest BCUT2D eigenvalue weighted by Crippen LogP contribution is -2.29. The molecule has 1 aromatic rings. The number of para-hydroxylation sites is 1. The Morgan fingerprint density at radius 3 is 2.81 bits per heavy atom. The van der Waals surface area contributed by atoms with E-state index in [1.54, 1.807) is 18.2 Å². The Labute approximate surface area is 102 Å². The minimum Gasteiger partial charge on any atom is -0.294 e. The van der Waals surface area contributed by atoms with Crippen molar-refractivity contribution in [1.29, 1.82) is 0 Å². The first-order valence-corrected chi connectivity index (χ1v) is 5.27. The summed E-state index contributed by atoms with van der Waals surface area (Å²) in [7, 11) is 0. The minimum absolute atomic E-state index is 0. The van der Waals surface area contributed by atoms with Gasteiger partial charge in [-0.25, -0.2) is 4.99 Å². The molecule has 16 heavy (non-hydrogen) atoms. The number of rotatable bonds is 0. The zero-order chi connectivity index (χ0) is 10.4. The van der Waals surface area contributed by atoms with E-state index in [2.05, 4.69) is 9.71 Å². The maximum atomic E-state index is 12.0. The van der Waals surface area contributed by atoms with Gasteiger partial charge >= 0.3 is 0 Å². The Kier molecular flexibility index (Phi) is 2.73. The lowest BCUT2D eigenvalue weighted by Gasteiger charge is -2.14. The number of hydrogen-bond acceptors (Lipinski definition) is 4. The molecule has 82 valence electrons. The van der Waals surface area contributed by atoms with Gasteiger partial charge in [0.25, 0.3) is 0 Å². The van der Waals surface area contributed by atoms with Crippen molar-refractivity contribution in [3.63, 3.8) is 0 Å². The number of benzene rings is 1. The van der Waals surface area contributed by atoms with E-state index in [-0.39, 0.29) is 24.1 Å². The zero-order valence-corrected chi connectivity index (χ0v) is 9.60. The van der Waals surface area contributed by atoms with E-state index in [1.165, 1.54) is 0 Å². The van der Waals surface area contributed by atoms with Crippen LogP contribution in [0.2, 0.25) is 0 Å². The number of halogens is 1. The summed E-state index contributed by atoms with van der Waals surface area (Å²) >= 11 is 1.13. The van der Waals surface area contributed by atoms with Gasteiger partial charge in [0.2, 0.25) is 5.91 Å². The molecule has 0 saturated carbocycles. The topological polar surface area (TPSA) is 58.5 Å². The molecule has 6 heteroatoms. The predicted octanol–water partition coefficient (Wildman–Crippen LogP) is 1.73. The molecule has 2 aliphatic heterocycles. The highest BCUT2D eigenvalue weighted by atomic mass is 35.5. The highest BCUT2D eigenvalue weighted by Gasteiger charge is 2.41. The van der Waals surface area contributed by atoms with Gasteiger partial charge in [-0.05, 0) is 12.1 Å². The number of fused-ring (bicyclic) bond motifs is 2. The van der Waals surface area contributed by atoms with Gasteiger partial charge in [0.1, 0.15) is 5.04 Å². The number of amides is 1. The van der Waals surface area contributed by atoms with E-state index >= 15 is 0 Å². The van der Waals surface area contributed by atoms with Crippen molar-refractivity contribution < 1.29 is 9.59 Å². The molecule has 1 aromatic carbocycles. The molecule has 0 aromatic heterocycles.